The molecule has 0 aromatic carbocycles. The molecule has 1 aliphatic heterocycles. The summed E-state index contributed by atoms with van der Waals surface area (Å²) in [5.41, 5.74) is 4.95. The smallest absolute Gasteiger partial charge is 0.299 e. The lowest BCUT2D eigenvalue weighted by atomic mass is 10.1. The molecule has 0 fully saturated rings. The molecule has 0 aromatic heterocycles. The minimum absolute atomic E-state index is 0.00694. The first-order chi connectivity index (χ1) is 5.58. The standard InChI is InChI=1S/C8H12F2N2/c1-12-5-3-2-4-7(12)8(9,10)6-11/h2-4H,5-6,11H2,1H3. The van der Waals surface area contributed by atoms with Crippen molar-refractivity contribution in [2.75, 3.05) is 20.1 Å². The first kappa shape index (κ1) is 9.19. The third kappa shape index (κ3) is 1.64. The molecule has 0 saturated heterocycles. The van der Waals surface area contributed by atoms with Crippen LogP contribution in [0.15, 0.2) is 23.9 Å². The summed E-state index contributed by atoms with van der Waals surface area (Å²) in [6.07, 6.45) is 4.84. The van der Waals surface area contributed by atoms with Crippen LogP contribution >= 0.6 is 0 Å². The van der Waals surface area contributed by atoms with E-state index < -0.39 is 12.5 Å². The number of likely N-dealkylation sites (N-methyl/N-ethyl adjacent to an activating group) is 1. The summed E-state index contributed by atoms with van der Waals surface area (Å²) in [6, 6.07) is 0. The van der Waals surface area contributed by atoms with Crippen LogP contribution in [0.3, 0.4) is 0 Å². The molecule has 0 aromatic rings. The summed E-state index contributed by atoms with van der Waals surface area (Å²) in [5, 5.41) is 0. The summed E-state index contributed by atoms with van der Waals surface area (Å²) < 4.78 is 26.0. The summed E-state index contributed by atoms with van der Waals surface area (Å²) in [6.45, 7) is -0.127. The molecule has 0 atom stereocenters. The van der Waals surface area contributed by atoms with Gasteiger partial charge in [0.25, 0.3) is 5.92 Å². The van der Waals surface area contributed by atoms with Gasteiger partial charge in [0.15, 0.2) is 0 Å². The minimum Gasteiger partial charge on any atom is -0.369 e. The highest BCUT2D eigenvalue weighted by molar-refractivity contribution is 5.23. The van der Waals surface area contributed by atoms with E-state index in [1.807, 2.05) is 6.08 Å². The Morgan fingerprint density at radius 1 is 1.67 bits per heavy atom. The van der Waals surface area contributed by atoms with Gasteiger partial charge in [-0.3, -0.25) is 0 Å². The summed E-state index contributed by atoms with van der Waals surface area (Å²) in [5.74, 6) is -2.90. The Balaban J connectivity index is 2.85. The number of nitrogens with zero attached hydrogens (tertiary/aromatic N) is 1. The number of hydrogen-bond acceptors (Lipinski definition) is 2. The average molecular weight is 174 g/mol. The van der Waals surface area contributed by atoms with Gasteiger partial charge in [-0.15, -0.1) is 0 Å². The van der Waals surface area contributed by atoms with Crippen LogP contribution in [0.2, 0.25) is 0 Å². The molecule has 12 heavy (non-hydrogen) atoms. The maximum Gasteiger partial charge on any atom is 0.299 e. The lowest BCUT2D eigenvalue weighted by Gasteiger charge is -2.28. The van der Waals surface area contributed by atoms with Crippen LogP contribution in [-0.2, 0) is 0 Å². The topological polar surface area (TPSA) is 29.3 Å². The molecule has 0 radical (unpaired) electrons. The largest absolute Gasteiger partial charge is 0.369 e. The van der Waals surface area contributed by atoms with Crippen molar-refractivity contribution in [1.29, 1.82) is 0 Å². The normalized spacial score (nSPS) is 18.0. The van der Waals surface area contributed by atoms with Gasteiger partial charge in [0.05, 0.1) is 12.2 Å². The minimum atomic E-state index is -2.90. The number of halogens is 2. The van der Waals surface area contributed by atoms with E-state index in [0.29, 0.717) is 6.54 Å². The van der Waals surface area contributed by atoms with Gasteiger partial charge in [-0.05, 0) is 6.08 Å². The Hall–Kier alpha value is -0.900. The van der Waals surface area contributed by atoms with Crippen molar-refractivity contribution in [3.63, 3.8) is 0 Å². The molecule has 0 aliphatic carbocycles. The summed E-state index contributed by atoms with van der Waals surface area (Å²) in [7, 11) is 1.62. The van der Waals surface area contributed by atoms with Gasteiger partial charge in [-0.1, -0.05) is 12.2 Å². The van der Waals surface area contributed by atoms with Crippen molar-refractivity contribution in [3.8, 4) is 0 Å². The van der Waals surface area contributed by atoms with Gasteiger partial charge in [0, 0.05) is 13.6 Å². The van der Waals surface area contributed by atoms with E-state index >= 15 is 0 Å². The Labute approximate surface area is 70.3 Å². The van der Waals surface area contributed by atoms with E-state index in [2.05, 4.69) is 0 Å². The fourth-order valence-corrected chi connectivity index (χ4v) is 1.11. The van der Waals surface area contributed by atoms with Crippen LogP contribution in [-0.4, -0.2) is 31.0 Å². The number of nitrogens with two attached hydrogens (primary N) is 1. The van der Waals surface area contributed by atoms with Gasteiger partial charge in [-0.25, -0.2) is 0 Å². The number of hydrogen-bond donors (Lipinski definition) is 1. The van der Waals surface area contributed by atoms with E-state index in [4.69, 9.17) is 5.73 Å². The van der Waals surface area contributed by atoms with E-state index in [1.165, 1.54) is 11.0 Å². The van der Waals surface area contributed by atoms with Crippen molar-refractivity contribution < 1.29 is 8.78 Å². The van der Waals surface area contributed by atoms with Gasteiger partial charge >= 0.3 is 0 Å². The van der Waals surface area contributed by atoms with Crippen LogP contribution in [0.25, 0.3) is 0 Å². The van der Waals surface area contributed by atoms with Crippen LogP contribution in [0.4, 0.5) is 8.78 Å². The highest BCUT2D eigenvalue weighted by atomic mass is 19.3. The second-order valence-corrected chi connectivity index (χ2v) is 2.77. The van der Waals surface area contributed by atoms with E-state index in [9.17, 15) is 8.78 Å². The first-order valence-corrected chi connectivity index (χ1v) is 3.74. The molecule has 0 spiro atoms. The van der Waals surface area contributed by atoms with Gasteiger partial charge in [-0.2, -0.15) is 8.78 Å². The predicted octanol–water partition coefficient (Wildman–Crippen LogP) is 0.966. The highest BCUT2D eigenvalue weighted by Gasteiger charge is 2.34. The third-order valence-corrected chi connectivity index (χ3v) is 1.81. The second-order valence-electron chi connectivity index (χ2n) is 2.77. The molecule has 68 valence electrons. The average Bonchev–Trinajstić information content (AvgIpc) is 2.05. The lowest BCUT2D eigenvalue weighted by molar-refractivity contribution is 0.0253. The zero-order chi connectivity index (χ0) is 9.19. The van der Waals surface area contributed by atoms with Crippen LogP contribution in [0.5, 0.6) is 0 Å². The molecule has 0 unspecified atom stereocenters. The third-order valence-electron chi connectivity index (χ3n) is 1.81. The van der Waals surface area contributed by atoms with Crippen LogP contribution < -0.4 is 5.73 Å². The van der Waals surface area contributed by atoms with Gasteiger partial charge in [0.1, 0.15) is 0 Å². The maximum absolute atomic E-state index is 13.0. The SMILES string of the molecule is CN1CC=CC=C1C(F)(F)CN. The van der Waals surface area contributed by atoms with Crippen molar-refractivity contribution in [2.24, 2.45) is 5.73 Å². The molecule has 0 bridgehead atoms. The molecule has 1 aliphatic rings. The molecule has 2 N–H and O–H groups in total. The number of allylic oxidation sites excluding steroid dienone is 2. The number of rotatable bonds is 2. The Kier molecular flexibility index (Phi) is 2.47. The second kappa shape index (κ2) is 3.23. The quantitative estimate of drug-likeness (QED) is 0.675. The van der Waals surface area contributed by atoms with Crippen molar-refractivity contribution in [1.82, 2.24) is 4.90 Å². The lowest BCUT2D eigenvalue weighted by Crippen LogP contribution is -2.38. The predicted molar refractivity (Wildman–Crippen MR) is 43.9 cm³/mol. The Morgan fingerprint density at radius 3 is 2.83 bits per heavy atom. The van der Waals surface area contributed by atoms with Crippen molar-refractivity contribution >= 4 is 0 Å². The zero-order valence-electron chi connectivity index (χ0n) is 6.93. The fraction of sp³-hybridized carbons (Fsp3) is 0.500. The molecule has 1 rings (SSSR count). The summed E-state index contributed by atoms with van der Waals surface area (Å²) in [4.78, 5) is 1.49. The van der Waals surface area contributed by atoms with Gasteiger partial charge < -0.3 is 10.6 Å². The van der Waals surface area contributed by atoms with E-state index in [-0.39, 0.29) is 5.70 Å². The maximum atomic E-state index is 13.0. The Bertz CT molecular complexity index is 221. The molecular formula is C8H12F2N2. The summed E-state index contributed by atoms with van der Waals surface area (Å²) >= 11 is 0. The highest BCUT2D eigenvalue weighted by Crippen LogP contribution is 2.26. The van der Waals surface area contributed by atoms with Crippen LogP contribution in [0, 0.1) is 0 Å². The van der Waals surface area contributed by atoms with Crippen LogP contribution in [0.1, 0.15) is 0 Å². The molecule has 2 nitrogen and oxygen atoms in total. The Morgan fingerprint density at radius 2 is 2.33 bits per heavy atom. The van der Waals surface area contributed by atoms with Gasteiger partial charge in [0.2, 0.25) is 0 Å². The van der Waals surface area contributed by atoms with E-state index in [0.717, 1.165) is 0 Å². The number of alkyl halides is 2. The molecular weight excluding hydrogens is 162 g/mol. The molecule has 1 heterocycles. The van der Waals surface area contributed by atoms with E-state index in [1.54, 1.807) is 13.1 Å². The van der Waals surface area contributed by atoms with Crippen molar-refractivity contribution in [2.45, 2.75) is 5.92 Å². The monoisotopic (exact) mass is 174 g/mol. The van der Waals surface area contributed by atoms with Crippen molar-refractivity contribution in [3.05, 3.63) is 23.9 Å². The first-order valence-electron chi connectivity index (χ1n) is 3.74. The fourth-order valence-electron chi connectivity index (χ4n) is 1.11. The molecule has 0 saturated carbocycles. The molecule has 0 amide bonds. The zero-order valence-corrected chi connectivity index (χ0v) is 6.93. The molecule has 4 heteroatoms.